The largest absolute Gasteiger partial charge is 1.00 e. The summed E-state index contributed by atoms with van der Waals surface area (Å²) in [7, 11) is 0. The van der Waals surface area contributed by atoms with E-state index in [9.17, 15) is 9.59 Å². The Morgan fingerprint density at radius 3 is 1.69 bits per heavy atom. The van der Waals surface area contributed by atoms with Gasteiger partial charge in [-0.15, -0.1) is 0 Å². The van der Waals surface area contributed by atoms with Gasteiger partial charge < -0.3 is 1.43 Å². The van der Waals surface area contributed by atoms with Crippen LogP contribution in [0.4, 0.5) is 0 Å². The SMILES string of the molecule is O=c1[nH][nH]c(=O)c2ccccc12.[H-].[Na+]. The summed E-state index contributed by atoms with van der Waals surface area (Å²) in [5.74, 6) is 0. The van der Waals surface area contributed by atoms with Crippen LogP contribution < -0.4 is 40.7 Å². The molecule has 1 aromatic carbocycles. The maximum absolute atomic E-state index is 11.1. The van der Waals surface area contributed by atoms with E-state index >= 15 is 0 Å². The van der Waals surface area contributed by atoms with Gasteiger partial charge in [0.2, 0.25) is 0 Å². The minimum atomic E-state index is -0.273. The molecular formula is C8H7N2NaO2. The summed E-state index contributed by atoms with van der Waals surface area (Å²) < 4.78 is 0. The number of nitrogens with one attached hydrogen (secondary N) is 2. The first-order valence-corrected chi connectivity index (χ1v) is 3.49. The maximum Gasteiger partial charge on any atom is 1.00 e. The van der Waals surface area contributed by atoms with E-state index in [4.69, 9.17) is 0 Å². The van der Waals surface area contributed by atoms with Gasteiger partial charge in [-0.3, -0.25) is 19.8 Å². The van der Waals surface area contributed by atoms with Crippen LogP contribution in [0, 0.1) is 0 Å². The van der Waals surface area contributed by atoms with Crippen molar-refractivity contribution in [1.82, 2.24) is 10.2 Å². The molecule has 13 heavy (non-hydrogen) atoms. The molecule has 0 aliphatic heterocycles. The van der Waals surface area contributed by atoms with Crippen molar-refractivity contribution in [2.75, 3.05) is 0 Å². The van der Waals surface area contributed by atoms with Crippen LogP contribution >= 0.6 is 0 Å². The normalized spacial score (nSPS) is 9.54. The third kappa shape index (κ3) is 1.75. The fourth-order valence-corrected chi connectivity index (χ4v) is 1.13. The van der Waals surface area contributed by atoms with Gasteiger partial charge >= 0.3 is 29.6 Å². The molecule has 0 aliphatic rings. The summed E-state index contributed by atoms with van der Waals surface area (Å²) in [6.07, 6.45) is 0. The van der Waals surface area contributed by atoms with Gasteiger partial charge in [-0.2, -0.15) is 0 Å². The Balaban J connectivity index is 0.000000845. The number of benzene rings is 1. The van der Waals surface area contributed by atoms with E-state index in [1.54, 1.807) is 24.3 Å². The van der Waals surface area contributed by atoms with Crippen LogP contribution in [0.15, 0.2) is 33.9 Å². The molecule has 1 aromatic heterocycles. The van der Waals surface area contributed by atoms with E-state index in [1.807, 2.05) is 0 Å². The standard InChI is InChI=1S/C8H6N2O2.Na.H/c11-7-5-3-1-2-4-6(5)8(12)10-9-7;;/h1-4H,(H,9,11)(H,10,12);;/q;+1;-1. The summed E-state index contributed by atoms with van der Waals surface area (Å²) in [6.45, 7) is 0. The number of aromatic nitrogens is 2. The fraction of sp³-hybridized carbons (Fsp3) is 0. The van der Waals surface area contributed by atoms with Crippen molar-refractivity contribution in [1.29, 1.82) is 0 Å². The maximum atomic E-state index is 11.1. The Kier molecular flexibility index (Phi) is 3.08. The zero-order chi connectivity index (χ0) is 8.55. The van der Waals surface area contributed by atoms with Crippen LogP contribution in [0.25, 0.3) is 10.8 Å². The molecule has 0 radical (unpaired) electrons. The summed E-state index contributed by atoms with van der Waals surface area (Å²) in [5.41, 5.74) is -0.546. The number of hydrogen-bond donors (Lipinski definition) is 2. The third-order valence-corrected chi connectivity index (χ3v) is 1.71. The van der Waals surface area contributed by atoms with Gasteiger partial charge in [0.1, 0.15) is 0 Å². The van der Waals surface area contributed by atoms with Crippen molar-refractivity contribution >= 4 is 10.8 Å². The van der Waals surface area contributed by atoms with Gasteiger partial charge in [-0.25, -0.2) is 0 Å². The van der Waals surface area contributed by atoms with Gasteiger partial charge in [0.05, 0.1) is 10.8 Å². The Morgan fingerprint density at radius 2 is 1.31 bits per heavy atom. The molecule has 2 aromatic rings. The van der Waals surface area contributed by atoms with Gasteiger partial charge in [0, 0.05) is 0 Å². The van der Waals surface area contributed by atoms with Gasteiger partial charge in [0.15, 0.2) is 0 Å². The minimum absolute atomic E-state index is 0. The van der Waals surface area contributed by atoms with E-state index in [1.165, 1.54) is 0 Å². The zero-order valence-corrected chi connectivity index (χ0v) is 9.13. The molecule has 0 saturated heterocycles. The topological polar surface area (TPSA) is 65.7 Å². The van der Waals surface area contributed by atoms with Crippen LogP contribution in [0.3, 0.4) is 0 Å². The molecule has 0 bridgehead atoms. The van der Waals surface area contributed by atoms with E-state index in [2.05, 4.69) is 10.2 Å². The number of H-pyrrole nitrogens is 2. The fourth-order valence-electron chi connectivity index (χ4n) is 1.13. The van der Waals surface area contributed by atoms with Crippen LogP contribution in [0.1, 0.15) is 1.43 Å². The molecule has 0 fully saturated rings. The Morgan fingerprint density at radius 1 is 0.923 bits per heavy atom. The number of rotatable bonds is 0. The molecule has 0 unspecified atom stereocenters. The first kappa shape index (κ1) is 10.2. The van der Waals surface area contributed by atoms with Crippen molar-refractivity contribution in [2.45, 2.75) is 0 Å². The van der Waals surface area contributed by atoms with E-state index < -0.39 is 0 Å². The van der Waals surface area contributed by atoms with Gasteiger partial charge in [-0.05, 0) is 12.1 Å². The van der Waals surface area contributed by atoms with Gasteiger partial charge in [-0.1, -0.05) is 12.1 Å². The van der Waals surface area contributed by atoms with Crippen LogP contribution in [0.2, 0.25) is 0 Å². The average Bonchev–Trinajstić information content (AvgIpc) is 2.12. The van der Waals surface area contributed by atoms with Crippen LogP contribution in [0.5, 0.6) is 0 Å². The van der Waals surface area contributed by atoms with Gasteiger partial charge in [0.25, 0.3) is 11.1 Å². The molecule has 2 N–H and O–H groups in total. The quantitative estimate of drug-likeness (QED) is 0.441. The van der Waals surface area contributed by atoms with E-state index in [0.29, 0.717) is 10.8 Å². The first-order valence-electron chi connectivity index (χ1n) is 3.49. The molecule has 62 valence electrons. The van der Waals surface area contributed by atoms with Crippen molar-refractivity contribution in [3.05, 3.63) is 45.0 Å². The third-order valence-electron chi connectivity index (χ3n) is 1.71. The molecule has 2 rings (SSSR count). The number of hydrogen-bond acceptors (Lipinski definition) is 2. The average molecular weight is 186 g/mol. The molecule has 0 aliphatic carbocycles. The van der Waals surface area contributed by atoms with Crippen molar-refractivity contribution in [2.24, 2.45) is 0 Å². The molecule has 0 spiro atoms. The van der Waals surface area contributed by atoms with Crippen LogP contribution in [-0.4, -0.2) is 10.2 Å². The second-order valence-corrected chi connectivity index (χ2v) is 2.45. The minimum Gasteiger partial charge on any atom is -1.00 e. The molecule has 1 heterocycles. The summed E-state index contributed by atoms with van der Waals surface area (Å²) >= 11 is 0. The van der Waals surface area contributed by atoms with Crippen molar-refractivity contribution in [3.8, 4) is 0 Å². The molecule has 4 nitrogen and oxygen atoms in total. The van der Waals surface area contributed by atoms with Crippen LogP contribution in [-0.2, 0) is 0 Å². The summed E-state index contributed by atoms with van der Waals surface area (Å²) in [6, 6.07) is 6.67. The summed E-state index contributed by atoms with van der Waals surface area (Å²) in [4.78, 5) is 22.2. The Labute approximate surface area is 96.7 Å². The predicted octanol–water partition coefficient (Wildman–Crippen LogP) is -2.67. The summed E-state index contributed by atoms with van der Waals surface area (Å²) in [5, 5.41) is 5.33. The van der Waals surface area contributed by atoms with Crippen molar-refractivity contribution < 1.29 is 31.0 Å². The smallest absolute Gasteiger partial charge is 1.00 e. The predicted molar refractivity (Wildman–Crippen MR) is 46.3 cm³/mol. The molecule has 5 heteroatoms. The number of fused-ring (bicyclic) bond motifs is 1. The zero-order valence-electron chi connectivity index (χ0n) is 8.13. The molecule has 0 atom stereocenters. The second kappa shape index (κ2) is 3.91. The van der Waals surface area contributed by atoms with E-state index in [-0.39, 0.29) is 42.1 Å². The monoisotopic (exact) mass is 186 g/mol. The molecular weight excluding hydrogens is 179 g/mol. The van der Waals surface area contributed by atoms with Crippen molar-refractivity contribution in [3.63, 3.8) is 0 Å². The molecule has 0 saturated carbocycles. The number of aromatic amines is 2. The first-order chi connectivity index (χ1) is 5.79. The Bertz CT molecular complexity index is 486. The van der Waals surface area contributed by atoms with E-state index in [0.717, 1.165) is 0 Å². The Hall–Kier alpha value is -0.840. The second-order valence-electron chi connectivity index (χ2n) is 2.45. The molecule has 0 amide bonds.